The highest BCUT2D eigenvalue weighted by Crippen LogP contribution is 2.17. The minimum atomic E-state index is 0.726. The van der Waals surface area contributed by atoms with E-state index in [9.17, 15) is 0 Å². The number of aromatic nitrogens is 3. The van der Waals surface area contributed by atoms with E-state index in [0.717, 1.165) is 34.5 Å². The lowest BCUT2D eigenvalue weighted by molar-refractivity contribution is 0.790. The Morgan fingerprint density at radius 3 is 2.75 bits per heavy atom. The first-order chi connectivity index (χ1) is 9.69. The molecule has 102 valence electrons. The predicted molar refractivity (Wildman–Crippen MR) is 84.6 cm³/mol. The first kappa shape index (κ1) is 13.1. The van der Waals surface area contributed by atoms with Crippen LogP contribution in [-0.2, 0) is 13.0 Å². The normalized spacial score (nSPS) is 11.1. The van der Waals surface area contributed by atoms with Crippen LogP contribution < -0.4 is 0 Å². The fourth-order valence-electron chi connectivity index (χ4n) is 2.52. The summed E-state index contributed by atoms with van der Waals surface area (Å²) in [5.41, 5.74) is 5.72. The van der Waals surface area contributed by atoms with Crippen molar-refractivity contribution < 1.29 is 0 Å². The van der Waals surface area contributed by atoms with Crippen molar-refractivity contribution in [3.8, 4) is 0 Å². The molecule has 0 saturated carbocycles. The van der Waals surface area contributed by atoms with Gasteiger partial charge in [-0.15, -0.1) is 0 Å². The van der Waals surface area contributed by atoms with Crippen molar-refractivity contribution in [2.45, 2.75) is 26.8 Å². The fourth-order valence-corrected chi connectivity index (χ4v) is 2.78. The van der Waals surface area contributed by atoms with Gasteiger partial charge in [0.15, 0.2) is 10.4 Å². The number of H-pyrrole nitrogens is 1. The molecule has 0 unspecified atom stereocenters. The standard InChI is InChI=1S/C16H17N3S/c1-3-12-6-4-5-7-13(12)10-19-15-14(18-16(19)20)8-11(2)9-17-15/h4-9H,3,10H2,1-2H3,(H,18,20). The number of nitrogens with one attached hydrogen (secondary N) is 1. The summed E-state index contributed by atoms with van der Waals surface area (Å²) in [4.78, 5) is 7.76. The molecule has 0 aliphatic carbocycles. The summed E-state index contributed by atoms with van der Waals surface area (Å²) in [6.45, 7) is 4.97. The molecule has 0 fully saturated rings. The van der Waals surface area contributed by atoms with Crippen molar-refractivity contribution in [2.75, 3.05) is 0 Å². The maximum atomic E-state index is 5.44. The fraction of sp³-hybridized carbons (Fsp3) is 0.250. The summed E-state index contributed by atoms with van der Waals surface area (Å²) in [5.74, 6) is 0. The van der Waals surface area contributed by atoms with Gasteiger partial charge in [0.1, 0.15) is 0 Å². The van der Waals surface area contributed by atoms with Crippen molar-refractivity contribution >= 4 is 23.4 Å². The molecular weight excluding hydrogens is 266 g/mol. The van der Waals surface area contributed by atoms with E-state index >= 15 is 0 Å². The van der Waals surface area contributed by atoms with Crippen molar-refractivity contribution in [1.82, 2.24) is 14.5 Å². The van der Waals surface area contributed by atoms with Gasteiger partial charge in [-0.1, -0.05) is 31.2 Å². The maximum Gasteiger partial charge on any atom is 0.179 e. The van der Waals surface area contributed by atoms with E-state index in [4.69, 9.17) is 12.2 Å². The second-order valence-electron chi connectivity index (χ2n) is 5.02. The maximum absolute atomic E-state index is 5.44. The van der Waals surface area contributed by atoms with Crippen LogP contribution in [0.4, 0.5) is 0 Å². The molecule has 20 heavy (non-hydrogen) atoms. The third-order valence-corrected chi connectivity index (χ3v) is 3.90. The molecule has 0 bridgehead atoms. The first-order valence-corrected chi connectivity index (χ1v) is 7.22. The van der Waals surface area contributed by atoms with E-state index in [1.165, 1.54) is 11.1 Å². The van der Waals surface area contributed by atoms with E-state index in [1.807, 2.05) is 13.1 Å². The highest BCUT2D eigenvalue weighted by atomic mass is 32.1. The van der Waals surface area contributed by atoms with Gasteiger partial charge in [-0.25, -0.2) is 4.98 Å². The zero-order chi connectivity index (χ0) is 14.1. The number of hydrogen-bond donors (Lipinski definition) is 1. The lowest BCUT2D eigenvalue weighted by atomic mass is 10.1. The summed E-state index contributed by atoms with van der Waals surface area (Å²) in [7, 11) is 0. The zero-order valence-electron chi connectivity index (χ0n) is 11.7. The van der Waals surface area contributed by atoms with Crippen LogP contribution in [0.2, 0.25) is 0 Å². The SMILES string of the molecule is CCc1ccccc1Cn1c(=S)[nH]c2cc(C)cnc21. The van der Waals surface area contributed by atoms with Gasteiger partial charge in [0.25, 0.3) is 0 Å². The zero-order valence-corrected chi connectivity index (χ0v) is 12.5. The summed E-state index contributed by atoms with van der Waals surface area (Å²) in [6.07, 6.45) is 2.91. The van der Waals surface area contributed by atoms with Crippen LogP contribution in [0.15, 0.2) is 36.5 Å². The molecule has 0 radical (unpaired) electrons. The molecule has 0 atom stereocenters. The van der Waals surface area contributed by atoms with Crippen LogP contribution in [-0.4, -0.2) is 14.5 Å². The highest BCUT2D eigenvalue weighted by molar-refractivity contribution is 7.71. The Labute approximate surface area is 123 Å². The third kappa shape index (κ3) is 2.27. The minimum absolute atomic E-state index is 0.726. The summed E-state index contributed by atoms with van der Waals surface area (Å²) >= 11 is 5.44. The molecule has 0 spiro atoms. The van der Waals surface area contributed by atoms with E-state index in [0.29, 0.717) is 0 Å². The molecule has 0 aliphatic rings. The summed E-state index contributed by atoms with van der Waals surface area (Å²) in [6, 6.07) is 10.6. The molecule has 2 aromatic heterocycles. The monoisotopic (exact) mass is 283 g/mol. The number of benzene rings is 1. The molecule has 0 amide bonds. The topological polar surface area (TPSA) is 33.6 Å². The molecule has 2 heterocycles. The number of nitrogens with zero attached hydrogens (tertiary/aromatic N) is 2. The van der Waals surface area contributed by atoms with E-state index in [-0.39, 0.29) is 0 Å². The van der Waals surface area contributed by atoms with Gasteiger partial charge >= 0.3 is 0 Å². The smallest absolute Gasteiger partial charge is 0.179 e. The molecular formula is C16H17N3S. The van der Waals surface area contributed by atoms with Gasteiger partial charge in [-0.3, -0.25) is 4.57 Å². The Bertz CT molecular complexity index is 814. The highest BCUT2D eigenvalue weighted by Gasteiger charge is 2.08. The van der Waals surface area contributed by atoms with Gasteiger partial charge in [0.2, 0.25) is 0 Å². The van der Waals surface area contributed by atoms with Crippen LogP contribution >= 0.6 is 12.2 Å². The molecule has 3 aromatic rings. The molecule has 1 N–H and O–H groups in total. The number of aryl methyl sites for hydroxylation is 2. The Balaban J connectivity index is 2.11. The van der Waals surface area contributed by atoms with Crippen molar-refractivity contribution in [1.29, 1.82) is 0 Å². The van der Waals surface area contributed by atoms with Gasteiger partial charge < -0.3 is 4.98 Å². The Morgan fingerprint density at radius 1 is 1.25 bits per heavy atom. The largest absolute Gasteiger partial charge is 0.329 e. The molecule has 1 aromatic carbocycles. The lowest BCUT2D eigenvalue weighted by Crippen LogP contribution is -2.03. The molecule has 0 aliphatic heterocycles. The Kier molecular flexibility index (Phi) is 3.40. The summed E-state index contributed by atoms with van der Waals surface area (Å²) in [5, 5.41) is 0. The van der Waals surface area contributed by atoms with Crippen LogP contribution in [0.5, 0.6) is 0 Å². The number of aromatic amines is 1. The number of imidazole rings is 1. The van der Waals surface area contributed by atoms with E-state index in [2.05, 4.69) is 51.8 Å². The Hall–Kier alpha value is -1.94. The van der Waals surface area contributed by atoms with Gasteiger partial charge in [-0.2, -0.15) is 0 Å². The Morgan fingerprint density at radius 2 is 2.00 bits per heavy atom. The number of fused-ring (bicyclic) bond motifs is 1. The van der Waals surface area contributed by atoms with Crippen LogP contribution in [0.3, 0.4) is 0 Å². The molecule has 0 saturated heterocycles. The van der Waals surface area contributed by atoms with Crippen LogP contribution in [0, 0.1) is 11.7 Å². The average Bonchev–Trinajstić information content (AvgIpc) is 2.75. The van der Waals surface area contributed by atoms with Gasteiger partial charge in [-0.05, 0) is 48.3 Å². The third-order valence-electron chi connectivity index (χ3n) is 3.57. The molecule has 3 nitrogen and oxygen atoms in total. The van der Waals surface area contributed by atoms with Crippen molar-refractivity contribution in [3.63, 3.8) is 0 Å². The van der Waals surface area contributed by atoms with Crippen molar-refractivity contribution in [2.24, 2.45) is 0 Å². The lowest BCUT2D eigenvalue weighted by Gasteiger charge is -2.09. The second-order valence-corrected chi connectivity index (χ2v) is 5.41. The van der Waals surface area contributed by atoms with E-state index in [1.54, 1.807) is 0 Å². The minimum Gasteiger partial charge on any atom is -0.329 e. The van der Waals surface area contributed by atoms with Gasteiger partial charge in [0.05, 0.1) is 12.1 Å². The van der Waals surface area contributed by atoms with Crippen LogP contribution in [0.25, 0.3) is 11.2 Å². The van der Waals surface area contributed by atoms with E-state index < -0.39 is 0 Å². The first-order valence-electron chi connectivity index (χ1n) is 6.81. The predicted octanol–water partition coefficient (Wildman–Crippen LogP) is 4.01. The summed E-state index contributed by atoms with van der Waals surface area (Å²) < 4.78 is 2.79. The average molecular weight is 283 g/mol. The quantitative estimate of drug-likeness (QED) is 0.737. The van der Waals surface area contributed by atoms with Crippen molar-refractivity contribution in [3.05, 3.63) is 58.0 Å². The molecule has 3 rings (SSSR count). The molecule has 4 heteroatoms. The van der Waals surface area contributed by atoms with Crippen LogP contribution in [0.1, 0.15) is 23.6 Å². The van der Waals surface area contributed by atoms with Gasteiger partial charge in [0, 0.05) is 6.20 Å². The second kappa shape index (κ2) is 5.21. The number of rotatable bonds is 3. The number of hydrogen-bond acceptors (Lipinski definition) is 2. The number of pyridine rings is 1.